The van der Waals surface area contributed by atoms with Crippen LogP contribution in [-0.2, 0) is 14.3 Å². The van der Waals surface area contributed by atoms with Crippen molar-refractivity contribution in [1.29, 1.82) is 0 Å². The van der Waals surface area contributed by atoms with Gasteiger partial charge in [0.2, 0.25) is 0 Å². The van der Waals surface area contributed by atoms with Crippen molar-refractivity contribution in [2.24, 2.45) is 0 Å². The minimum absolute atomic E-state index is 0.0202. The molecule has 2 saturated heterocycles. The van der Waals surface area contributed by atoms with E-state index in [2.05, 4.69) is 6.58 Å². The number of rotatable bonds is 4. The van der Waals surface area contributed by atoms with Gasteiger partial charge in [0.05, 0.1) is 13.2 Å². The Kier molecular flexibility index (Phi) is 2.83. The number of fused-ring (bicyclic) bond motifs is 1. The minimum Gasteiger partial charge on any atom is -0.388 e. The molecule has 0 spiro atoms. The Hall–Kier alpha value is -1.18. The van der Waals surface area contributed by atoms with Crippen LogP contribution in [0.1, 0.15) is 6.42 Å². The topological polar surface area (TPSA) is 91.1 Å². The van der Waals surface area contributed by atoms with Crippen molar-refractivity contribution in [3.8, 4) is 0 Å². The third-order valence-electron chi connectivity index (χ3n) is 2.91. The van der Waals surface area contributed by atoms with Gasteiger partial charge < -0.3 is 19.4 Å². The Morgan fingerprint density at radius 2 is 2.44 bits per heavy atom. The maximum absolute atomic E-state index is 10.5. The Bertz CT molecular complexity index is 308. The average Bonchev–Trinajstić information content (AvgIpc) is 2.71. The highest BCUT2D eigenvalue weighted by atomic mass is 17.0. The molecule has 0 aliphatic carbocycles. The Morgan fingerprint density at radius 3 is 3.06 bits per heavy atom. The first-order valence-electron chi connectivity index (χ1n) is 4.95. The molecule has 0 amide bonds. The third kappa shape index (κ3) is 1.66. The number of hydrogen-bond donors (Lipinski definition) is 1. The molecule has 0 unspecified atom stereocenters. The van der Waals surface area contributed by atoms with Gasteiger partial charge in [0.15, 0.2) is 5.60 Å². The first-order valence-corrected chi connectivity index (χ1v) is 4.95. The maximum atomic E-state index is 10.5. The summed E-state index contributed by atoms with van der Waals surface area (Å²) in [6.45, 7) is 3.66. The smallest absolute Gasteiger partial charge is 0.295 e. The van der Waals surface area contributed by atoms with Crippen molar-refractivity contribution in [3.63, 3.8) is 0 Å². The predicted molar refractivity (Wildman–Crippen MR) is 51.1 cm³/mol. The lowest BCUT2D eigenvalue weighted by Gasteiger charge is -2.28. The third-order valence-corrected chi connectivity index (χ3v) is 2.91. The fraction of sp³-hybridized carbons (Fsp3) is 0.778. The van der Waals surface area contributed by atoms with Gasteiger partial charge in [-0.3, -0.25) is 0 Å². The molecule has 0 radical (unpaired) electrons. The summed E-state index contributed by atoms with van der Waals surface area (Å²) in [5.41, 5.74) is -1.17. The van der Waals surface area contributed by atoms with Crippen molar-refractivity contribution < 1.29 is 24.5 Å². The van der Waals surface area contributed by atoms with E-state index in [9.17, 15) is 15.2 Å². The SMILES string of the molecule is C=CC[C@@]1(O[N+](=O)[O-])CO[C@@H]2[C@@H](O)CO[C@@H]21. The van der Waals surface area contributed by atoms with Crippen molar-refractivity contribution in [2.45, 2.75) is 30.3 Å². The molecule has 1 N–H and O–H groups in total. The van der Waals surface area contributed by atoms with Gasteiger partial charge in [-0.05, 0) is 6.42 Å². The normalized spacial score (nSPS) is 41.7. The summed E-state index contributed by atoms with van der Waals surface area (Å²) >= 11 is 0. The molecule has 0 aromatic heterocycles. The van der Waals surface area contributed by atoms with Gasteiger partial charge in [-0.2, -0.15) is 0 Å². The van der Waals surface area contributed by atoms with Crippen molar-refractivity contribution in [1.82, 2.24) is 0 Å². The summed E-state index contributed by atoms with van der Waals surface area (Å²) in [6, 6.07) is 0. The monoisotopic (exact) mass is 231 g/mol. The molecule has 2 heterocycles. The van der Waals surface area contributed by atoms with Gasteiger partial charge in [-0.15, -0.1) is 16.7 Å². The predicted octanol–water partition coefficient (Wildman–Crippen LogP) is -0.332. The molecular weight excluding hydrogens is 218 g/mol. The Balaban J connectivity index is 2.20. The molecule has 0 saturated carbocycles. The number of hydrogen-bond acceptors (Lipinski definition) is 6. The second kappa shape index (κ2) is 4.00. The van der Waals surface area contributed by atoms with Crippen LogP contribution in [0.3, 0.4) is 0 Å². The molecule has 16 heavy (non-hydrogen) atoms. The second-order valence-corrected chi connectivity index (χ2v) is 3.97. The molecule has 7 heteroatoms. The fourth-order valence-corrected chi connectivity index (χ4v) is 2.25. The molecule has 0 aromatic rings. The van der Waals surface area contributed by atoms with Crippen LogP contribution in [0.5, 0.6) is 0 Å². The minimum atomic E-state index is -1.17. The summed E-state index contributed by atoms with van der Waals surface area (Å²) in [5.74, 6) is 0. The van der Waals surface area contributed by atoms with E-state index in [1.807, 2.05) is 0 Å². The lowest BCUT2D eigenvalue weighted by atomic mass is 9.92. The lowest BCUT2D eigenvalue weighted by molar-refractivity contribution is -0.782. The van der Waals surface area contributed by atoms with E-state index in [1.54, 1.807) is 0 Å². The van der Waals surface area contributed by atoms with E-state index >= 15 is 0 Å². The molecule has 90 valence electrons. The Morgan fingerprint density at radius 1 is 1.69 bits per heavy atom. The number of aliphatic hydroxyl groups is 1. The highest BCUT2D eigenvalue weighted by Crippen LogP contribution is 2.39. The maximum Gasteiger partial charge on any atom is 0.295 e. The molecule has 0 aromatic carbocycles. The van der Waals surface area contributed by atoms with Crippen molar-refractivity contribution in [2.75, 3.05) is 13.2 Å². The summed E-state index contributed by atoms with van der Waals surface area (Å²) in [6.07, 6.45) is -0.177. The molecule has 2 rings (SSSR count). The van der Waals surface area contributed by atoms with E-state index in [0.717, 1.165) is 0 Å². The summed E-state index contributed by atoms with van der Waals surface area (Å²) < 4.78 is 10.6. The second-order valence-electron chi connectivity index (χ2n) is 3.97. The van der Waals surface area contributed by atoms with Crippen LogP contribution in [0.4, 0.5) is 0 Å². The first kappa shape index (κ1) is 11.3. The van der Waals surface area contributed by atoms with Gasteiger partial charge in [0.25, 0.3) is 5.09 Å². The zero-order valence-corrected chi connectivity index (χ0v) is 8.57. The summed E-state index contributed by atoms with van der Waals surface area (Å²) in [5, 5.41) is 19.2. The number of ether oxygens (including phenoxy) is 2. The lowest BCUT2D eigenvalue weighted by Crippen LogP contribution is -2.47. The summed E-state index contributed by atoms with van der Waals surface area (Å²) in [4.78, 5) is 15.2. The molecule has 2 fully saturated rings. The standard InChI is InChI=1S/C9H13NO6/c1-2-3-9(16-10(12)13)5-15-7-6(11)4-14-8(7)9/h2,6-8,11H,1,3-5H2/t6-,7+,8-,9+/m0/s1. The number of aliphatic hydroxyl groups excluding tert-OH is 1. The molecule has 2 aliphatic heterocycles. The highest BCUT2D eigenvalue weighted by Gasteiger charge is 2.58. The van der Waals surface area contributed by atoms with Crippen LogP contribution < -0.4 is 0 Å². The van der Waals surface area contributed by atoms with Gasteiger partial charge >= 0.3 is 0 Å². The molecular formula is C9H13NO6. The molecule has 2 aliphatic rings. The molecule has 4 atom stereocenters. The van der Waals surface area contributed by atoms with Gasteiger partial charge in [-0.1, -0.05) is 6.08 Å². The van der Waals surface area contributed by atoms with E-state index in [1.165, 1.54) is 6.08 Å². The highest BCUT2D eigenvalue weighted by molar-refractivity contribution is 5.06. The van der Waals surface area contributed by atoms with Gasteiger partial charge in [0, 0.05) is 0 Å². The summed E-state index contributed by atoms with van der Waals surface area (Å²) in [7, 11) is 0. The zero-order chi connectivity index (χ0) is 11.8. The fourth-order valence-electron chi connectivity index (χ4n) is 2.25. The average molecular weight is 231 g/mol. The van der Waals surface area contributed by atoms with Gasteiger partial charge in [-0.25, -0.2) is 0 Å². The van der Waals surface area contributed by atoms with Crippen LogP contribution in [0, 0.1) is 10.1 Å². The molecule has 0 bridgehead atoms. The van der Waals surface area contributed by atoms with E-state index in [0.29, 0.717) is 0 Å². The van der Waals surface area contributed by atoms with Crippen LogP contribution >= 0.6 is 0 Å². The van der Waals surface area contributed by atoms with E-state index < -0.39 is 29.0 Å². The van der Waals surface area contributed by atoms with E-state index in [-0.39, 0.29) is 19.6 Å². The van der Waals surface area contributed by atoms with Crippen LogP contribution in [0.2, 0.25) is 0 Å². The van der Waals surface area contributed by atoms with Gasteiger partial charge in [0.1, 0.15) is 18.3 Å². The quantitative estimate of drug-likeness (QED) is 0.404. The largest absolute Gasteiger partial charge is 0.388 e. The number of nitrogens with zero attached hydrogens (tertiary/aromatic N) is 1. The van der Waals surface area contributed by atoms with Crippen LogP contribution in [-0.4, -0.2) is 47.3 Å². The van der Waals surface area contributed by atoms with Crippen LogP contribution in [0.25, 0.3) is 0 Å². The zero-order valence-electron chi connectivity index (χ0n) is 8.57. The molecule has 7 nitrogen and oxygen atoms in total. The van der Waals surface area contributed by atoms with E-state index in [4.69, 9.17) is 14.3 Å². The first-order chi connectivity index (χ1) is 7.59. The van der Waals surface area contributed by atoms with Crippen molar-refractivity contribution in [3.05, 3.63) is 22.8 Å². The van der Waals surface area contributed by atoms with Crippen LogP contribution in [0.15, 0.2) is 12.7 Å². The Labute approximate surface area is 91.7 Å². The van der Waals surface area contributed by atoms with Crippen molar-refractivity contribution >= 4 is 0 Å².